The first-order chi connectivity index (χ1) is 23.5. The van der Waals surface area contributed by atoms with E-state index in [4.69, 9.17) is 5.73 Å². The van der Waals surface area contributed by atoms with E-state index < -0.39 is 0 Å². The summed E-state index contributed by atoms with van der Waals surface area (Å²) in [5.74, 6) is 0.598. The Morgan fingerprint density at radius 2 is 0.771 bits per heavy atom. The zero-order valence-corrected chi connectivity index (χ0v) is 33.1. The van der Waals surface area contributed by atoms with E-state index in [1.807, 2.05) is 0 Å². The van der Waals surface area contributed by atoms with Gasteiger partial charge in [-0.3, -0.25) is 14.9 Å². The number of allylic oxidation sites excluding steroid dienone is 4. The number of nitrogens with one attached hydrogen (secondary N) is 1. The minimum atomic E-state index is -0.0922. The van der Waals surface area contributed by atoms with Crippen LogP contribution in [0.2, 0.25) is 0 Å². The predicted molar refractivity (Wildman–Crippen MR) is 214 cm³/mol. The molecule has 2 amide bonds. The van der Waals surface area contributed by atoms with Crippen molar-refractivity contribution < 1.29 is 9.59 Å². The molecule has 0 aliphatic carbocycles. The van der Waals surface area contributed by atoms with Gasteiger partial charge in [0, 0.05) is 12.8 Å². The number of rotatable bonds is 35. The molecule has 4 heteroatoms. The van der Waals surface area contributed by atoms with Gasteiger partial charge >= 0.3 is 0 Å². The lowest BCUT2D eigenvalue weighted by Gasteiger charge is -2.09. The third-order valence-electron chi connectivity index (χ3n) is 9.49. The molecule has 0 rings (SSSR count). The lowest BCUT2D eigenvalue weighted by Crippen LogP contribution is -2.29. The molecule has 0 aromatic carbocycles. The second-order valence-corrected chi connectivity index (χ2v) is 14.3. The third kappa shape index (κ3) is 42.6. The number of hydrogen-bond acceptors (Lipinski definition) is 3. The van der Waals surface area contributed by atoms with Crippen molar-refractivity contribution in [2.24, 2.45) is 11.7 Å². The molecule has 0 aliphatic heterocycles. The molecular formula is C44H86N2O2. The topological polar surface area (TPSA) is 72.2 Å². The zero-order chi connectivity index (χ0) is 35.6. The van der Waals surface area contributed by atoms with Gasteiger partial charge in [0.05, 0.1) is 0 Å². The smallest absolute Gasteiger partial charge is 0.226 e. The Hall–Kier alpha value is -1.42. The Balaban J connectivity index is 0. The number of unbranched alkanes of at least 4 members (excludes halogenated alkanes) is 23. The van der Waals surface area contributed by atoms with Crippen molar-refractivity contribution in [3.8, 4) is 0 Å². The number of imide groups is 1. The van der Waals surface area contributed by atoms with E-state index in [1.165, 1.54) is 167 Å². The van der Waals surface area contributed by atoms with Crippen molar-refractivity contribution >= 4 is 11.8 Å². The van der Waals surface area contributed by atoms with Crippen LogP contribution in [0.25, 0.3) is 0 Å². The Kier molecular flexibility index (Phi) is 44.2. The zero-order valence-electron chi connectivity index (χ0n) is 33.1. The third-order valence-corrected chi connectivity index (χ3v) is 9.49. The molecule has 0 bridgehead atoms. The Morgan fingerprint density at radius 3 is 1.08 bits per heavy atom. The van der Waals surface area contributed by atoms with Crippen LogP contribution in [0.5, 0.6) is 0 Å². The number of carbonyl (C=O) groups excluding carboxylic acids is 2. The average molecular weight is 675 g/mol. The predicted octanol–water partition coefficient (Wildman–Crippen LogP) is 13.9. The standard InChI is InChI=1S/C36H67NO2.C8H19N/c1-3-5-7-9-11-13-15-17-19-21-23-25-27-29-31-33-35(38)37-36(39)34-32-30-28-26-24-22-20-18-16-14-12-10-8-6-4-2;1-3-5-6-8(4-2)7-9/h17-20H,3-16,21-34H2,1-2H3,(H,37,38,39);8H,3-7,9H2,1-2H3/b19-17-,20-18-;. The van der Waals surface area contributed by atoms with Gasteiger partial charge in [0.1, 0.15) is 0 Å². The maximum Gasteiger partial charge on any atom is 0.226 e. The van der Waals surface area contributed by atoms with E-state index in [-0.39, 0.29) is 11.8 Å². The monoisotopic (exact) mass is 675 g/mol. The number of carbonyl (C=O) groups is 2. The van der Waals surface area contributed by atoms with Gasteiger partial charge in [0.15, 0.2) is 0 Å². The summed E-state index contributed by atoms with van der Waals surface area (Å²) in [5, 5.41) is 2.58. The molecule has 48 heavy (non-hydrogen) atoms. The van der Waals surface area contributed by atoms with E-state index in [0.717, 1.165) is 38.1 Å². The number of nitrogens with two attached hydrogens (primary N) is 1. The maximum absolute atomic E-state index is 12.0. The molecule has 0 fully saturated rings. The molecule has 0 saturated heterocycles. The fraction of sp³-hybridized carbons (Fsp3) is 0.864. The van der Waals surface area contributed by atoms with Gasteiger partial charge in [0.2, 0.25) is 11.8 Å². The Morgan fingerprint density at radius 1 is 0.458 bits per heavy atom. The largest absolute Gasteiger partial charge is 0.330 e. The lowest BCUT2D eigenvalue weighted by atomic mass is 10.00. The molecule has 0 saturated carbocycles. The molecule has 0 aliphatic rings. The van der Waals surface area contributed by atoms with Crippen molar-refractivity contribution in [1.82, 2.24) is 5.32 Å². The van der Waals surface area contributed by atoms with Gasteiger partial charge in [0.25, 0.3) is 0 Å². The van der Waals surface area contributed by atoms with Crippen molar-refractivity contribution in [1.29, 1.82) is 0 Å². The SMILES string of the molecule is CCCCC(CC)CN.CCCCCCCC/C=C\CCCCCCCC(=O)NC(=O)CCCCCCC/C=C\CCCCCCCC. The maximum atomic E-state index is 12.0. The van der Waals surface area contributed by atoms with Crippen LogP contribution in [0.15, 0.2) is 24.3 Å². The fourth-order valence-corrected chi connectivity index (χ4v) is 5.97. The first kappa shape index (κ1) is 48.7. The molecule has 0 radical (unpaired) electrons. The molecule has 0 heterocycles. The molecular weight excluding hydrogens is 588 g/mol. The highest BCUT2D eigenvalue weighted by molar-refractivity contribution is 5.95. The van der Waals surface area contributed by atoms with Gasteiger partial charge < -0.3 is 5.73 Å². The summed E-state index contributed by atoms with van der Waals surface area (Å²) in [7, 11) is 0. The normalized spacial score (nSPS) is 12.0. The summed E-state index contributed by atoms with van der Waals surface area (Å²) in [6, 6.07) is 0. The minimum absolute atomic E-state index is 0.0922. The molecule has 0 aromatic heterocycles. The Labute approximate surface area is 301 Å². The molecule has 284 valence electrons. The second kappa shape index (κ2) is 43.6. The van der Waals surface area contributed by atoms with Crippen molar-refractivity contribution in [3.05, 3.63) is 24.3 Å². The second-order valence-electron chi connectivity index (χ2n) is 14.3. The molecule has 0 aromatic rings. The molecule has 1 unspecified atom stereocenters. The van der Waals surface area contributed by atoms with E-state index >= 15 is 0 Å². The van der Waals surface area contributed by atoms with Crippen LogP contribution >= 0.6 is 0 Å². The summed E-state index contributed by atoms with van der Waals surface area (Å²) < 4.78 is 0. The van der Waals surface area contributed by atoms with Crippen LogP contribution in [0, 0.1) is 5.92 Å². The van der Waals surface area contributed by atoms with Crippen molar-refractivity contribution in [2.75, 3.05) is 6.54 Å². The minimum Gasteiger partial charge on any atom is -0.330 e. The molecule has 4 nitrogen and oxygen atoms in total. The molecule has 3 N–H and O–H groups in total. The molecule has 0 spiro atoms. The summed E-state index contributed by atoms with van der Waals surface area (Å²) in [5.41, 5.74) is 5.52. The lowest BCUT2D eigenvalue weighted by molar-refractivity contribution is -0.130. The summed E-state index contributed by atoms with van der Waals surface area (Å²) >= 11 is 0. The van der Waals surface area contributed by atoms with Gasteiger partial charge in [-0.15, -0.1) is 0 Å². The fourth-order valence-electron chi connectivity index (χ4n) is 5.97. The van der Waals surface area contributed by atoms with Crippen LogP contribution in [0.3, 0.4) is 0 Å². The summed E-state index contributed by atoms with van der Waals surface area (Å²) in [4.78, 5) is 24.0. The number of amides is 2. The van der Waals surface area contributed by atoms with E-state index in [1.54, 1.807) is 0 Å². The van der Waals surface area contributed by atoms with Gasteiger partial charge in [-0.1, -0.05) is 174 Å². The van der Waals surface area contributed by atoms with Crippen LogP contribution in [0.1, 0.15) is 233 Å². The van der Waals surface area contributed by atoms with E-state index in [9.17, 15) is 9.59 Å². The summed E-state index contributed by atoms with van der Waals surface area (Å²) in [6.45, 7) is 9.85. The Bertz CT molecular complexity index is 648. The average Bonchev–Trinajstić information content (AvgIpc) is 3.09. The highest BCUT2D eigenvalue weighted by atomic mass is 16.2. The van der Waals surface area contributed by atoms with E-state index in [2.05, 4.69) is 57.3 Å². The van der Waals surface area contributed by atoms with Gasteiger partial charge in [-0.25, -0.2) is 0 Å². The molecule has 1 atom stereocenters. The van der Waals surface area contributed by atoms with E-state index in [0.29, 0.717) is 12.8 Å². The van der Waals surface area contributed by atoms with Crippen LogP contribution in [-0.2, 0) is 9.59 Å². The first-order valence-electron chi connectivity index (χ1n) is 21.4. The van der Waals surface area contributed by atoms with Crippen molar-refractivity contribution in [2.45, 2.75) is 233 Å². The van der Waals surface area contributed by atoms with Gasteiger partial charge in [-0.05, 0) is 83.1 Å². The van der Waals surface area contributed by atoms with Crippen LogP contribution in [-0.4, -0.2) is 18.4 Å². The number of hydrogen-bond donors (Lipinski definition) is 2. The van der Waals surface area contributed by atoms with Gasteiger partial charge in [-0.2, -0.15) is 0 Å². The first-order valence-corrected chi connectivity index (χ1v) is 21.4. The highest BCUT2D eigenvalue weighted by Gasteiger charge is 2.07. The summed E-state index contributed by atoms with van der Waals surface area (Å²) in [6.07, 6.45) is 48.1. The quantitative estimate of drug-likeness (QED) is 0.0519. The van der Waals surface area contributed by atoms with Crippen LogP contribution in [0.4, 0.5) is 0 Å². The van der Waals surface area contributed by atoms with Crippen LogP contribution < -0.4 is 11.1 Å². The highest BCUT2D eigenvalue weighted by Crippen LogP contribution is 2.12. The van der Waals surface area contributed by atoms with Crippen molar-refractivity contribution in [3.63, 3.8) is 0 Å².